The van der Waals surface area contributed by atoms with Gasteiger partial charge in [0.1, 0.15) is 5.76 Å². The van der Waals surface area contributed by atoms with Crippen LogP contribution in [0.3, 0.4) is 0 Å². The predicted octanol–water partition coefficient (Wildman–Crippen LogP) is -0.873. The Morgan fingerprint density at radius 2 is 2.08 bits per heavy atom. The maximum atomic E-state index is 9.38. The Labute approximate surface area is 116 Å². The number of nitrogens with one attached hydrogen (secondary N) is 1. The fourth-order valence-electron chi connectivity index (χ4n) is 1.23. The standard InChI is InChI=1S/C9H9NO.K.H/c11-9-5-6-10-8-4-2-1-3-7(8)9;;/h1-5,10-11H,6H2;;/q;+1;-1. The summed E-state index contributed by atoms with van der Waals surface area (Å²) in [5, 5.41) is 12.5. The van der Waals surface area contributed by atoms with Gasteiger partial charge in [-0.15, -0.1) is 0 Å². The maximum absolute atomic E-state index is 9.38. The summed E-state index contributed by atoms with van der Waals surface area (Å²) >= 11 is 0. The number of hydrogen-bond donors (Lipinski definition) is 2. The molecule has 0 atom stereocenters. The van der Waals surface area contributed by atoms with Gasteiger partial charge in [0.05, 0.1) is 0 Å². The van der Waals surface area contributed by atoms with Gasteiger partial charge < -0.3 is 11.8 Å². The van der Waals surface area contributed by atoms with Crippen LogP contribution in [0, 0.1) is 0 Å². The molecule has 2 rings (SSSR count). The Kier molecular flexibility index (Phi) is 3.80. The molecule has 1 aromatic carbocycles. The van der Waals surface area contributed by atoms with E-state index in [0.29, 0.717) is 12.3 Å². The third-order valence-electron chi connectivity index (χ3n) is 1.79. The Hall–Kier alpha value is 0.196. The smallest absolute Gasteiger partial charge is 1.00 e. The first-order chi connectivity index (χ1) is 5.38. The monoisotopic (exact) mass is 187 g/mol. The molecule has 0 saturated carbocycles. The summed E-state index contributed by atoms with van der Waals surface area (Å²) in [6, 6.07) is 7.71. The van der Waals surface area contributed by atoms with Crippen molar-refractivity contribution in [3.05, 3.63) is 35.9 Å². The average Bonchev–Trinajstić information content (AvgIpc) is 2.06. The topological polar surface area (TPSA) is 32.3 Å². The zero-order valence-electron chi connectivity index (χ0n) is 8.04. The van der Waals surface area contributed by atoms with E-state index in [9.17, 15) is 5.11 Å². The van der Waals surface area contributed by atoms with Crippen molar-refractivity contribution in [2.24, 2.45) is 0 Å². The normalized spacial score (nSPS) is 13.5. The third-order valence-corrected chi connectivity index (χ3v) is 1.79. The van der Waals surface area contributed by atoms with E-state index in [4.69, 9.17) is 0 Å². The Balaban J connectivity index is 0.000000720. The van der Waals surface area contributed by atoms with Gasteiger partial charge in [0.2, 0.25) is 0 Å². The van der Waals surface area contributed by atoms with Crippen LogP contribution in [0.4, 0.5) is 5.69 Å². The van der Waals surface area contributed by atoms with Gasteiger partial charge in [0.15, 0.2) is 0 Å². The van der Waals surface area contributed by atoms with Crippen molar-refractivity contribution in [3.8, 4) is 0 Å². The summed E-state index contributed by atoms with van der Waals surface area (Å²) in [6.45, 7) is 0.711. The van der Waals surface area contributed by atoms with Crippen LogP contribution in [-0.4, -0.2) is 11.7 Å². The molecule has 2 N–H and O–H groups in total. The molecule has 1 aliphatic heterocycles. The number of para-hydroxylation sites is 1. The minimum atomic E-state index is 0. The van der Waals surface area contributed by atoms with Gasteiger partial charge in [0.25, 0.3) is 0 Å². The predicted molar refractivity (Wildman–Crippen MR) is 46.6 cm³/mol. The van der Waals surface area contributed by atoms with Crippen molar-refractivity contribution >= 4 is 11.4 Å². The molecule has 3 heteroatoms. The van der Waals surface area contributed by atoms with E-state index in [1.54, 1.807) is 6.08 Å². The number of hydrogen-bond acceptors (Lipinski definition) is 2. The van der Waals surface area contributed by atoms with Crippen LogP contribution in [0.25, 0.3) is 5.76 Å². The minimum Gasteiger partial charge on any atom is -1.00 e. The second kappa shape index (κ2) is 4.44. The SMILES string of the molecule is OC1=CCNc2ccccc21.[H-].[K+]. The van der Waals surface area contributed by atoms with Crippen molar-refractivity contribution in [1.29, 1.82) is 0 Å². The molecule has 0 radical (unpaired) electrons. The average molecular weight is 187 g/mol. The summed E-state index contributed by atoms with van der Waals surface area (Å²) in [6.07, 6.45) is 1.77. The third kappa shape index (κ3) is 1.92. The molecule has 0 aromatic heterocycles. The van der Waals surface area contributed by atoms with Crippen LogP contribution >= 0.6 is 0 Å². The molecule has 1 aromatic rings. The molecule has 1 aliphatic rings. The van der Waals surface area contributed by atoms with E-state index in [-0.39, 0.29) is 52.8 Å². The molecule has 0 fully saturated rings. The molecule has 0 amide bonds. The van der Waals surface area contributed by atoms with Gasteiger partial charge >= 0.3 is 51.4 Å². The molecule has 2 nitrogen and oxygen atoms in total. The Bertz CT molecular complexity index is 314. The van der Waals surface area contributed by atoms with Crippen LogP contribution in [0.1, 0.15) is 6.99 Å². The number of rotatable bonds is 0. The van der Waals surface area contributed by atoms with E-state index in [2.05, 4.69) is 5.32 Å². The van der Waals surface area contributed by atoms with E-state index in [0.717, 1.165) is 11.3 Å². The van der Waals surface area contributed by atoms with Crippen LogP contribution in [0.2, 0.25) is 0 Å². The quantitative estimate of drug-likeness (QED) is 0.517. The van der Waals surface area contributed by atoms with Gasteiger partial charge in [-0.25, -0.2) is 0 Å². The van der Waals surface area contributed by atoms with E-state index < -0.39 is 0 Å². The first-order valence-electron chi connectivity index (χ1n) is 3.60. The van der Waals surface area contributed by atoms with E-state index in [1.165, 1.54) is 0 Å². The molecular weight excluding hydrogens is 177 g/mol. The molecule has 58 valence electrons. The van der Waals surface area contributed by atoms with Crippen LogP contribution in [0.5, 0.6) is 0 Å². The molecule has 0 unspecified atom stereocenters. The van der Waals surface area contributed by atoms with Gasteiger partial charge in [-0.1, -0.05) is 12.1 Å². The van der Waals surface area contributed by atoms with Crippen molar-refractivity contribution in [2.45, 2.75) is 0 Å². The summed E-state index contributed by atoms with van der Waals surface area (Å²) < 4.78 is 0. The zero-order chi connectivity index (χ0) is 7.68. The molecule has 0 saturated heterocycles. The number of aliphatic hydroxyl groups is 1. The molecule has 0 spiro atoms. The minimum absolute atomic E-state index is 0. The van der Waals surface area contributed by atoms with Crippen LogP contribution in [0.15, 0.2) is 30.3 Å². The van der Waals surface area contributed by atoms with E-state index in [1.807, 2.05) is 24.3 Å². The first kappa shape index (κ1) is 10.3. The van der Waals surface area contributed by atoms with Crippen molar-refractivity contribution in [3.63, 3.8) is 0 Å². The second-order valence-corrected chi connectivity index (χ2v) is 2.52. The van der Waals surface area contributed by atoms with Crippen molar-refractivity contribution < 1.29 is 57.9 Å². The second-order valence-electron chi connectivity index (χ2n) is 2.52. The van der Waals surface area contributed by atoms with Gasteiger partial charge in [-0.2, -0.15) is 0 Å². The fraction of sp³-hybridized carbons (Fsp3) is 0.111. The summed E-state index contributed by atoms with van der Waals surface area (Å²) in [5.41, 5.74) is 1.89. The van der Waals surface area contributed by atoms with Gasteiger partial charge in [-0.05, 0) is 18.2 Å². The summed E-state index contributed by atoms with van der Waals surface area (Å²) in [4.78, 5) is 0. The number of aliphatic hydroxyl groups excluding tert-OH is 1. The Morgan fingerprint density at radius 3 is 2.83 bits per heavy atom. The van der Waals surface area contributed by atoms with Gasteiger partial charge in [0, 0.05) is 17.8 Å². The summed E-state index contributed by atoms with van der Waals surface area (Å²) in [7, 11) is 0. The van der Waals surface area contributed by atoms with Crippen LogP contribution < -0.4 is 56.7 Å². The summed E-state index contributed by atoms with van der Waals surface area (Å²) in [5.74, 6) is 0.374. The van der Waals surface area contributed by atoms with Gasteiger partial charge in [-0.3, -0.25) is 0 Å². The molecule has 0 aliphatic carbocycles. The number of fused-ring (bicyclic) bond motifs is 1. The van der Waals surface area contributed by atoms with Crippen molar-refractivity contribution in [2.75, 3.05) is 11.9 Å². The molecule has 0 bridgehead atoms. The molecule has 12 heavy (non-hydrogen) atoms. The van der Waals surface area contributed by atoms with Crippen molar-refractivity contribution in [1.82, 2.24) is 0 Å². The zero-order valence-corrected chi connectivity index (χ0v) is 10.2. The number of anilines is 1. The molecule has 1 heterocycles. The maximum Gasteiger partial charge on any atom is 1.00 e. The molecular formula is C9H10KNO. The van der Waals surface area contributed by atoms with Crippen LogP contribution in [-0.2, 0) is 0 Å². The first-order valence-corrected chi connectivity index (χ1v) is 3.60. The van der Waals surface area contributed by atoms with E-state index >= 15 is 0 Å². The fourth-order valence-corrected chi connectivity index (χ4v) is 1.23. The Morgan fingerprint density at radius 1 is 1.33 bits per heavy atom. The number of benzene rings is 1. The largest absolute Gasteiger partial charge is 1.00 e.